The van der Waals surface area contributed by atoms with Gasteiger partial charge in [0.25, 0.3) is 5.91 Å². The van der Waals surface area contributed by atoms with Crippen molar-refractivity contribution in [3.8, 4) is 11.8 Å². The molecule has 0 atom stereocenters. The molecule has 0 spiro atoms. The first-order valence-corrected chi connectivity index (χ1v) is 7.10. The lowest BCUT2D eigenvalue weighted by atomic mass is 10.1. The third-order valence-electron chi connectivity index (χ3n) is 2.62. The van der Waals surface area contributed by atoms with Crippen LogP contribution in [0.2, 0.25) is 0 Å². The lowest BCUT2D eigenvalue weighted by Gasteiger charge is -2.06. The molecule has 2 aromatic rings. The summed E-state index contributed by atoms with van der Waals surface area (Å²) in [4.78, 5) is 17.4. The number of nitrogens with one attached hydrogen (secondary N) is 1. The van der Waals surface area contributed by atoms with E-state index in [4.69, 9.17) is 5.73 Å². The second-order valence-electron chi connectivity index (χ2n) is 4.24. The van der Waals surface area contributed by atoms with E-state index in [1.54, 1.807) is 6.20 Å². The van der Waals surface area contributed by atoms with Crippen molar-refractivity contribution in [3.05, 3.63) is 51.2 Å². The summed E-state index contributed by atoms with van der Waals surface area (Å²) < 4.78 is 13.3. The topological polar surface area (TPSA) is 68.0 Å². The van der Waals surface area contributed by atoms with Crippen LogP contribution in [0.25, 0.3) is 0 Å². The van der Waals surface area contributed by atoms with E-state index in [2.05, 4.69) is 22.1 Å². The molecule has 0 bridgehead atoms. The van der Waals surface area contributed by atoms with E-state index in [0.29, 0.717) is 12.1 Å². The maximum atomic E-state index is 13.3. The molecule has 0 aliphatic heterocycles. The Bertz CT molecular complexity index is 715. The number of aryl methyl sites for hydroxylation is 1. The van der Waals surface area contributed by atoms with Gasteiger partial charge in [-0.15, -0.1) is 11.3 Å². The third kappa shape index (κ3) is 4.12. The van der Waals surface area contributed by atoms with Crippen molar-refractivity contribution in [1.29, 1.82) is 0 Å². The van der Waals surface area contributed by atoms with Gasteiger partial charge in [-0.25, -0.2) is 9.37 Å². The molecule has 0 fully saturated rings. The molecule has 0 unspecified atom stereocenters. The summed E-state index contributed by atoms with van der Waals surface area (Å²) in [6, 6.07) is 3.91. The number of hydrogen-bond donors (Lipinski definition) is 2. The molecule has 21 heavy (non-hydrogen) atoms. The summed E-state index contributed by atoms with van der Waals surface area (Å²) in [6.45, 7) is 2.42. The molecule has 0 radical (unpaired) electrons. The molecule has 0 saturated carbocycles. The maximum Gasteiger partial charge on any atom is 0.253 e. The van der Waals surface area contributed by atoms with Crippen molar-refractivity contribution in [2.24, 2.45) is 5.73 Å². The SMILES string of the molecule is Cc1cnc(CNC(=O)c2cc(F)ccc2C#CCN)s1. The summed E-state index contributed by atoms with van der Waals surface area (Å²) in [6.07, 6.45) is 1.74. The zero-order valence-electron chi connectivity index (χ0n) is 11.4. The van der Waals surface area contributed by atoms with Gasteiger partial charge in [0, 0.05) is 16.6 Å². The minimum atomic E-state index is -0.483. The lowest BCUT2D eigenvalue weighted by Crippen LogP contribution is -2.23. The molecule has 1 aromatic carbocycles. The molecule has 1 amide bonds. The molecule has 6 heteroatoms. The van der Waals surface area contributed by atoms with Gasteiger partial charge in [0.2, 0.25) is 0 Å². The van der Waals surface area contributed by atoms with Crippen LogP contribution in [0, 0.1) is 24.6 Å². The second kappa shape index (κ2) is 6.97. The van der Waals surface area contributed by atoms with Crippen LogP contribution in [0.1, 0.15) is 25.8 Å². The summed E-state index contributed by atoms with van der Waals surface area (Å²) in [7, 11) is 0. The van der Waals surface area contributed by atoms with E-state index in [0.717, 1.165) is 9.88 Å². The molecule has 4 nitrogen and oxygen atoms in total. The predicted molar refractivity (Wildman–Crippen MR) is 80.4 cm³/mol. The number of nitrogens with zero attached hydrogens (tertiary/aromatic N) is 1. The minimum absolute atomic E-state index is 0.177. The molecular weight excluding hydrogens is 289 g/mol. The quantitative estimate of drug-likeness (QED) is 0.850. The Balaban J connectivity index is 2.15. The zero-order valence-corrected chi connectivity index (χ0v) is 12.3. The second-order valence-corrected chi connectivity index (χ2v) is 5.56. The van der Waals surface area contributed by atoms with Crippen molar-refractivity contribution in [1.82, 2.24) is 10.3 Å². The fraction of sp³-hybridized carbons (Fsp3) is 0.200. The highest BCUT2D eigenvalue weighted by atomic mass is 32.1. The number of amides is 1. The standard InChI is InChI=1S/C15H14FN3OS/c1-10-8-18-14(21-10)9-19-15(20)13-7-12(16)5-4-11(13)3-2-6-17/h4-5,7-8H,6,9,17H2,1H3,(H,19,20). The van der Waals surface area contributed by atoms with E-state index in [1.807, 2.05) is 6.92 Å². The number of nitrogens with two attached hydrogens (primary N) is 1. The van der Waals surface area contributed by atoms with Gasteiger partial charge in [-0.05, 0) is 25.1 Å². The average molecular weight is 303 g/mol. The van der Waals surface area contributed by atoms with Gasteiger partial charge >= 0.3 is 0 Å². The largest absolute Gasteiger partial charge is 0.345 e. The number of benzene rings is 1. The summed E-state index contributed by atoms with van der Waals surface area (Å²) >= 11 is 1.50. The van der Waals surface area contributed by atoms with Gasteiger partial charge in [0.15, 0.2) is 0 Å². The Morgan fingerprint density at radius 2 is 2.33 bits per heavy atom. The monoisotopic (exact) mass is 303 g/mol. The van der Waals surface area contributed by atoms with E-state index < -0.39 is 5.82 Å². The lowest BCUT2D eigenvalue weighted by molar-refractivity contribution is 0.0950. The Labute approximate surface area is 126 Å². The third-order valence-corrected chi connectivity index (χ3v) is 3.53. The average Bonchev–Trinajstić information content (AvgIpc) is 2.89. The number of rotatable bonds is 3. The summed E-state index contributed by atoms with van der Waals surface area (Å²) in [5.74, 6) is 4.56. The first kappa shape index (κ1) is 15.2. The number of halogens is 1. The number of aromatic nitrogens is 1. The number of thiazole rings is 1. The first-order chi connectivity index (χ1) is 10.1. The Morgan fingerprint density at radius 1 is 1.52 bits per heavy atom. The van der Waals surface area contributed by atoms with Crippen LogP contribution >= 0.6 is 11.3 Å². The molecule has 108 valence electrons. The van der Waals surface area contributed by atoms with Crippen LogP contribution in [0.4, 0.5) is 4.39 Å². The van der Waals surface area contributed by atoms with Gasteiger partial charge < -0.3 is 11.1 Å². The van der Waals surface area contributed by atoms with Gasteiger partial charge in [0.05, 0.1) is 18.7 Å². The summed E-state index contributed by atoms with van der Waals surface area (Å²) in [5, 5.41) is 3.51. The van der Waals surface area contributed by atoms with Gasteiger partial charge in [-0.2, -0.15) is 0 Å². The fourth-order valence-corrected chi connectivity index (χ4v) is 2.42. The molecule has 2 rings (SSSR count). The Hall–Kier alpha value is -2.23. The highest BCUT2D eigenvalue weighted by Crippen LogP contribution is 2.13. The molecule has 1 heterocycles. The normalized spacial score (nSPS) is 9.86. The van der Waals surface area contributed by atoms with Crippen molar-refractivity contribution in [2.45, 2.75) is 13.5 Å². The van der Waals surface area contributed by atoms with E-state index in [1.165, 1.54) is 29.5 Å². The smallest absolute Gasteiger partial charge is 0.253 e. The van der Waals surface area contributed by atoms with E-state index >= 15 is 0 Å². The number of carbonyl (C=O) groups excluding carboxylic acids is 1. The van der Waals surface area contributed by atoms with Crippen molar-refractivity contribution >= 4 is 17.2 Å². The van der Waals surface area contributed by atoms with Crippen molar-refractivity contribution in [2.75, 3.05) is 6.54 Å². The first-order valence-electron chi connectivity index (χ1n) is 6.28. The van der Waals surface area contributed by atoms with Crippen LogP contribution in [-0.4, -0.2) is 17.4 Å². The molecular formula is C15H14FN3OS. The molecule has 3 N–H and O–H groups in total. The van der Waals surface area contributed by atoms with Crippen molar-refractivity contribution in [3.63, 3.8) is 0 Å². The van der Waals surface area contributed by atoms with Crippen molar-refractivity contribution < 1.29 is 9.18 Å². The Morgan fingerprint density at radius 3 is 3.00 bits per heavy atom. The highest BCUT2D eigenvalue weighted by molar-refractivity contribution is 7.11. The molecule has 0 aliphatic rings. The van der Waals surface area contributed by atoms with Gasteiger partial charge in [-0.1, -0.05) is 11.8 Å². The minimum Gasteiger partial charge on any atom is -0.345 e. The molecule has 1 aromatic heterocycles. The summed E-state index contributed by atoms with van der Waals surface area (Å²) in [5.41, 5.74) is 5.97. The number of carbonyl (C=O) groups is 1. The van der Waals surface area contributed by atoms with E-state index in [-0.39, 0.29) is 18.0 Å². The maximum absolute atomic E-state index is 13.3. The van der Waals surface area contributed by atoms with Crippen LogP contribution in [-0.2, 0) is 6.54 Å². The van der Waals surface area contributed by atoms with Gasteiger partial charge in [-0.3, -0.25) is 4.79 Å². The highest BCUT2D eigenvalue weighted by Gasteiger charge is 2.12. The van der Waals surface area contributed by atoms with Gasteiger partial charge in [0.1, 0.15) is 10.8 Å². The molecule has 0 saturated heterocycles. The number of hydrogen-bond acceptors (Lipinski definition) is 4. The van der Waals surface area contributed by atoms with E-state index in [9.17, 15) is 9.18 Å². The Kier molecular flexibility index (Phi) is 5.04. The van der Waals surface area contributed by atoms with Crippen LogP contribution in [0.5, 0.6) is 0 Å². The van der Waals surface area contributed by atoms with Crippen LogP contribution in [0.3, 0.4) is 0 Å². The molecule has 0 aliphatic carbocycles. The van der Waals surface area contributed by atoms with Crippen LogP contribution in [0.15, 0.2) is 24.4 Å². The zero-order chi connectivity index (χ0) is 15.2. The predicted octanol–water partition coefficient (Wildman–Crippen LogP) is 1.83. The van der Waals surface area contributed by atoms with Crippen LogP contribution < -0.4 is 11.1 Å². The fourth-order valence-electron chi connectivity index (χ4n) is 1.69.